The van der Waals surface area contributed by atoms with Crippen molar-refractivity contribution in [3.63, 3.8) is 0 Å². The molecule has 1 aromatic heterocycles. The van der Waals surface area contributed by atoms with Crippen LogP contribution < -0.4 is 0 Å². The highest BCUT2D eigenvalue weighted by atomic mass is 32.2. The normalized spacial score (nSPS) is 10.6. The predicted molar refractivity (Wildman–Crippen MR) is 72.1 cm³/mol. The van der Waals surface area contributed by atoms with Crippen LogP contribution in [0.4, 0.5) is 0 Å². The number of carboxylic acid groups (broad SMARTS) is 1. The summed E-state index contributed by atoms with van der Waals surface area (Å²) in [7, 11) is 0. The molecule has 0 atom stereocenters. The molecule has 0 aliphatic carbocycles. The van der Waals surface area contributed by atoms with Gasteiger partial charge in [0, 0.05) is 16.9 Å². The van der Waals surface area contributed by atoms with Gasteiger partial charge < -0.3 is 9.63 Å². The first-order valence-electron chi connectivity index (χ1n) is 5.96. The maximum absolute atomic E-state index is 10.5. The molecule has 2 rings (SSSR count). The van der Waals surface area contributed by atoms with Crippen LogP contribution in [0.5, 0.6) is 0 Å². The van der Waals surface area contributed by atoms with Gasteiger partial charge in [0.2, 0.25) is 11.7 Å². The minimum absolute atomic E-state index is 0.00624. The molecule has 100 valence electrons. The van der Waals surface area contributed by atoms with Gasteiger partial charge in [-0.2, -0.15) is 4.98 Å². The van der Waals surface area contributed by atoms with E-state index in [1.165, 1.54) is 4.90 Å². The molecule has 0 aliphatic heterocycles. The Morgan fingerprint density at radius 1 is 1.37 bits per heavy atom. The largest absolute Gasteiger partial charge is 0.481 e. The van der Waals surface area contributed by atoms with E-state index < -0.39 is 5.97 Å². The van der Waals surface area contributed by atoms with Crippen molar-refractivity contribution < 1.29 is 14.4 Å². The minimum atomic E-state index is -0.874. The van der Waals surface area contributed by atoms with E-state index in [0.717, 1.165) is 11.3 Å². The van der Waals surface area contributed by atoms with E-state index in [-0.39, 0.29) is 12.8 Å². The van der Waals surface area contributed by atoms with Gasteiger partial charge in [0.1, 0.15) is 0 Å². The number of aromatic nitrogens is 2. The Hall–Kier alpha value is -1.82. The standard InChI is InChI=1S/C13H14N2O3S/c1-2-19-10-5-3-9(4-6-10)13-14-11(18-15-13)7-8-12(16)17/h3-6H,2,7-8H2,1H3,(H,16,17). The highest BCUT2D eigenvalue weighted by Gasteiger charge is 2.10. The number of thioether (sulfide) groups is 1. The molecule has 0 bridgehead atoms. The fourth-order valence-electron chi connectivity index (χ4n) is 1.55. The molecule has 2 aromatic rings. The van der Waals surface area contributed by atoms with Crippen LogP contribution in [0, 0.1) is 0 Å². The molecule has 0 amide bonds. The zero-order valence-corrected chi connectivity index (χ0v) is 11.3. The summed E-state index contributed by atoms with van der Waals surface area (Å²) in [5.74, 6) is 1.000. The molecule has 0 saturated carbocycles. The molecule has 6 heteroatoms. The molecule has 0 fully saturated rings. The number of carbonyl (C=O) groups is 1. The molecule has 1 N–H and O–H groups in total. The van der Waals surface area contributed by atoms with E-state index in [2.05, 4.69) is 17.1 Å². The molecule has 0 radical (unpaired) electrons. The second-order valence-corrected chi connectivity index (χ2v) is 5.20. The van der Waals surface area contributed by atoms with Gasteiger partial charge in [0.25, 0.3) is 0 Å². The lowest BCUT2D eigenvalue weighted by Gasteiger charge is -1.98. The molecule has 1 aromatic carbocycles. The predicted octanol–water partition coefficient (Wildman–Crippen LogP) is 2.87. The lowest BCUT2D eigenvalue weighted by Crippen LogP contribution is -1.97. The quantitative estimate of drug-likeness (QED) is 0.819. The van der Waals surface area contributed by atoms with Gasteiger partial charge in [-0.05, 0) is 30.0 Å². The summed E-state index contributed by atoms with van der Waals surface area (Å²) >= 11 is 1.77. The van der Waals surface area contributed by atoms with Gasteiger partial charge in [-0.1, -0.05) is 12.1 Å². The van der Waals surface area contributed by atoms with Gasteiger partial charge in [-0.3, -0.25) is 4.79 Å². The number of hydrogen-bond acceptors (Lipinski definition) is 5. The number of aryl methyl sites for hydroxylation is 1. The monoisotopic (exact) mass is 278 g/mol. The highest BCUT2D eigenvalue weighted by molar-refractivity contribution is 7.99. The first-order chi connectivity index (χ1) is 9.19. The van der Waals surface area contributed by atoms with E-state index in [1.807, 2.05) is 24.3 Å². The summed E-state index contributed by atoms with van der Waals surface area (Å²) < 4.78 is 5.02. The third-order valence-electron chi connectivity index (χ3n) is 2.44. The first-order valence-corrected chi connectivity index (χ1v) is 6.95. The van der Waals surface area contributed by atoms with E-state index >= 15 is 0 Å². The van der Waals surface area contributed by atoms with Crippen LogP contribution >= 0.6 is 11.8 Å². The van der Waals surface area contributed by atoms with Crippen molar-refractivity contribution >= 4 is 17.7 Å². The average Bonchev–Trinajstić information content (AvgIpc) is 2.86. The zero-order valence-electron chi connectivity index (χ0n) is 10.5. The maximum atomic E-state index is 10.5. The minimum Gasteiger partial charge on any atom is -0.481 e. The zero-order chi connectivity index (χ0) is 13.7. The van der Waals surface area contributed by atoms with Gasteiger partial charge in [0.15, 0.2) is 0 Å². The summed E-state index contributed by atoms with van der Waals surface area (Å²) in [6, 6.07) is 7.89. The van der Waals surface area contributed by atoms with Crippen molar-refractivity contribution in [2.24, 2.45) is 0 Å². The second kappa shape index (κ2) is 6.38. The molecule has 5 nitrogen and oxygen atoms in total. The summed E-state index contributed by atoms with van der Waals surface area (Å²) in [6.45, 7) is 2.10. The number of aliphatic carboxylic acids is 1. The SMILES string of the molecule is CCSc1ccc(-c2noc(CCC(=O)O)n2)cc1. The maximum Gasteiger partial charge on any atom is 0.303 e. The smallest absolute Gasteiger partial charge is 0.303 e. The third kappa shape index (κ3) is 3.82. The number of hydrogen-bond donors (Lipinski definition) is 1. The third-order valence-corrected chi connectivity index (χ3v) is 3.34. The Labute approximate surface area is 115 Å². The average molecular weight is 278 g/mol. The van der Waals surface area contributed by atoms with Crippen LogP contribution in [0.2, 0.25) is 0 Å². The second-order valence-electron chi connectivity index (χ2n) is 3.86. The number of benzene rings is 1. The lowest BCUT2D eigenvalue weighted by molar-refractivity contribution is -0.137. The van der Waals surface area contributed by atoms with Crippen LogP contribution in [-0.4, -0.2) is 27.0 Å². The molecule has 1 heterocycles. The van der Waals surface area contributed by atoms with Crippen LogP contribution in [-0.2, 0) is 11.2 Å². The van der Waals surface area contributed by atoms with Crippen LogP contribution in [0.1, 0.15) is 19.2 Å². The van der Waals surface area contributed by atoms with Crippen molar-refractivity contribution in [3.05, 3.63) is 30.2 Å². The van der Waals surface area contributed by atoms with Crippen molar-refractivity contribution in [1.82, 2.24) is 10.1 Å². The van der Waals surface area contributed by atoms with Crippen molar-refractivity contribution in [2.45, 2.75) is 24.7 Å². The van der Waals surface area contributed by atoms with Crippen LogP contribution in [0.3, 0.4) is 0 Å². The summed E-state index contributed by atoms with van der Waals surface area (Å²) in [4.78, 5) is 15.8. The number of nitrogens with zero attached hydrogens (tertiary/aromatic N) is 2. The van der Waals surface area contributed by atoms with E-state index in [0.29, 0.717) is 11.7 Å². The van der Waals surface area contributed by atoms with Crippen molar-refractivity contribution in [1.29, 1.82) is 0 Å². The summed E-state index contributed by atoms with van der Waals surface area (Å²) in [5, 5.41) is 12.4. The number of carboxylic acids is 1. The molecular formula is C13H14N2O3S. The molecular weight excluding hydrogens is 264 g/mol. The molecule has 0 unspecified atom stereocenters. The van der Waals surface area contributed by atoms with Crippen molar-refractivity contribution in [3.8, 4) is 11.4 Å². The Kier molecular flexibility index (Phi) is 4.57. The van der Waals surface area contributed by atoms with E-state index in [9.17, 15) is 4.79 Å². The lowest BCUT2D eigenvalue weighted by atomic mass is 10.2. The van der Waals surface area contributed by atoms with E-state index in [4.69, 9.17) is 9.63 Å². The molecule has 0 saturated heterocycles. The summed E-state index contributed by atoms with van der Waals surface area (Å²) in [5.41, 5.74) is 0.866. The number of rotatable bonds is 6. The van der Waals surface area contributed by atoms with Gasteiger partial charge in [-0.25, -0.2) is 0 Å². The Morgan fingerprint density at radius 3 is 2.74 bits per heavy atom. The Bertz CT molecular complexity index is 551. The molecule has 19 heavy (non-hydrogen) atoms. The van der Waals surface area contributed by atoms with Gasteiger partial charge in [0.05, 0.1) is 6.42 Å². The van der Waals surface area contributed by atoms with Crippen LogP contribution in [0.15, 0.2) is 33.7 Å². The Balaban J connectivity index is 2.07. The molecule has 0 spiro atoms. The van der Waals surface area contributed by atoms with E-state index in [1.54, 1.807) is 11.8 Å². The fourth-order valence-corrected chi connectivity index (χ4v) is 2.22. The Morgan fingerprint density at radius 2 is 2.11 bits per heavy atom. The van der Waals surface area contributed by atoms with Crippen LogP contribution in [0.25, 0.3) is 11.4 Å². The summed E-state index contributed by atoms with van der Waals surface area (Å²) in [6.07, 6.45) is 0.250. The first kappa shape index (κ1) is 13.6. The fraction of sp³-hybridized carbons (Fsp3) is 0.308. The van der Waals surface area contributed by atoms with Crippen molar-refractivity contribution in [2.75, 3.05) is 5.75 Å². The molecule has 0 aliphatic rings. The van der Waals surface area contributed by atoms with Gasteiger partial charge >= 0.3 is 5.97 Å². The van der Waals surface area contributed by atoms with Gasteiger partial charge in [-0.15, -0.1) is 11.8 Å². The topological polar surface area (TPSA) is 76.2 Å². The highest BCUT2D eigenvalue weighted by Crippen LogP contribution is 2.22.